The Kier molecular flexibility index (Phi) is 4.66. The van der Waals surface area contributed by atoms with E-state index in [1.807, 2.05) is 33.0 Å². The van der Waals surface area contributed by atoms with Gasteiger partial charge in [-0.25, -0.2) is 9.97 Å². The van der Waals surface area contributed by atoms with E-state index in [0.29, 0.717) is 5.82 Å². The van der Waals surface area contributed by atoms with Gasteiger partial charge in [-0.05, 0) is 57.0 Å². The highest BCUT2D eigenvalue weighted by Gasteiger charge is 2.19. The molecule has 4 rings (SSSR count). The number of nitrogens with one attached hydrogen (secondary N) is 1. The number of benzene rings is 1. The van der Waals surface area contributed by atoms with Crippen LogP contribution in [0.15, 0.2) is 36.7 Å². The summed E-state index contributed by atoms with van der Waals surface area (Å²) in [6.45, 7) is 8.07. The Morgan fingerprint density at radius 2 is 1.90 bits per heavy atom. The van der Waals surface area contributed by atoms with Crippen molar-refractivity contribution < 1.29 is 4.79 Å². The molecule has 7 heteroatoms. The second kappa shape index (κ2) is 7.16. The number of hydrogen-bond acceptors (Lipinski definition) is 4. The van der Waals surface area contributed by atoms with Crippen molar-refractivity contribution in [2.75, 3.05) is 5.32 Å². The van der Waals surface area contributed by atoms with E-state index in [9.17, 15) is 4.79 Å². The van der Waals surface area contributed by atoms with E-state index in [1.165, 1.54) is 11.9 Å². The minimum atomic E-state index is -0.131. The van der Waals surface area contributed by atoms with Crippen LogP contribution in [-0.2, 0) is 18.3 Å². The molecule has 0 fully saturated rings. The Labute approximate surface area is 169 Å². The summed E-state index contributed by atoms with van der Waals surface area (Å²) in [5.74, 6) is 0.402. The van der Waals surface area contributed by atoms with Crippen LogP contribution in [0.3, 0.4) is 0 Å². The van der Waals surface area contributed by atoms with Gasteiger partial charge in [0.2, 0.25) is 5.91 Å². The van der Waals surface area contributed by atoms with Crippen molar-refractivity contribution in [3.05, 3.63) is 64.9 Å². The molecular formula is C22H24N6O. The second-order valence-electron chi connectivity index (χ2n) is 7.43. The van der Waals surface area contributed by atoms with Crippen LogP contribution in [0, 0.1) is 27.7 Å². The van der Waals surface area contributed by atoms with E-state index < -0.39 is 0 Å². The molecule has 1 aromatic carbocycles. The van der Waals surface area contributed by atoms with Gasteiger partial charge < -0.3 is 5.32 Å². The summed E-state index contributed by atoms with van der Waals surface area (Å²) in [5, 5.41) is 8.13. The minimum absolute atomic E-state index is 0.131. The molecule has 7 nitrogen and oxygen atoms in total. The molecule has 0 aliphatic heterocycles. The zero-order valence-electron chi connectivity index (χ0n) is 17.3. The summed E-state index contributed by atoms with van der Waals surface area (Å²) >= 11 is 0. The van der Waals surface area contributed by atoms with Crippen molar-refractivity contribution in [2.24, 2.45) is 7.05 Å². The van der Waals surface area contributed by atoms with Gasteiger partial charge in [0.1, 0.15) is 12.1 Å². The molecule has 0 saturated carbocycles. The Bertz CT molecular complexity index is 1230. The quantitative estimate of drug-likeness (QED) is 0.580. The van der Waals surface area contributed by atoms with Gasteiger partial charge in [0.15, 0.2) is 5.65 Å². The number of hydrogen-bond donors (Lipinski definition) is 1. The van der Waals surface area contributed by atoms with E-state index >= 15 is 0 Å². The Morgan fingerprint density at radius 3 is 2.59 bits per heavy atom. The highest BCUT2D eigenvalue weighted by molar-refractivity contribution is 6.01. The first-order valence-corrected chi connectivity index (χ1v) is 9.54. The first-order valence-electron chi connectivity index (χ1n) is 9.54. The number of anilines is 1. The number of amides is 1. The van der Waals surface area contributed by atoms with Crippen molar-refractivity contribution in [2.45, 2.75) is 34.1 Å². The number of carbonyl (C=O) groups excluding carboxylic acids is 1. The number of rotatable bonds is 4. The van der Waals surface area contributed by atoms with Gasteiger partial charge in [0, 0.05) is 24.1 Å². The molecule has 0 saturated heterocycles. The van der Waals surface area contributed by atoms with E-state index in [2.05, 4.69) is 57.0 Å². The number of aromatic nitrogens is 5. The SMILES string of the molecule is Cc1cccc(-n2c(C)c(C)c3c(NC(=O)Cc4cc(C)nn4C)ncnc32)c1. The standard InChI is InChI=1S/C22H24N6O/c1-13-7-6-8-17(9-13)28-16(4)15(3)20-21(23-12-24-22(20)28)25-19(29)11-18-10-14(2)26-27(18)5/h6-10,12H,11H2,1-5H3,(H,23,24,25,29). The zero-order chi connectivity index (χ0) is 20.7. The maximum atomic E-state index is 12.7. The van der Waals surface area contributed by atoms with Gasteiger partial charge in [-0.2, -0.15) is 5.10 Å². The largest absolute Gasteiger partial charge is 0.310 e. The van der Waals surface area contributed by atoms with Crippen LogP contribution in [-0.4, -0.2) is 30.2 Å². The van der Waals surface area contributed by atoms with Crippen LogP contribution in [0.2, 0.25) is 0 Å². The molecule has 0 aliphatic rings. The molecule has 3 heterocycles. The van der Waals surface area contributed by atoms with Crippen molar-refractivity contribution in [1.82, 2.24) is 24.3 Å². The zero-order valence-corrected chi connectivity index (χ0v) is 17.3. The van der Waals surface area contributed by atoms with Gasteiger partial charge in [-0.15, -0.1) is 0 Å². The van der Waals surface area contributed by atoms with Gasteiger partial charge in [0.05, 0.1) is 17.5 Å². The molecule has 3 aromatic heterocycles. The van der Waals surface area contributed by atoms with Crippen LogP contribution in [0.1, 0.15) is 28.2 Å². The molecule has 1 N–H and O–H groups in total. The van der Waals surface area contributed by atoms with Crippen LogP contribution in [0.4, 0.5) is 5.82 Å². The molecule has 0 bridgehead atoms. The lowest BCUT2D eigenvalue weighted by atomic mass is 10.2. The predicted octanol–water partition coefficient (Wildman–Crippen LogP) is 3.57. The van der Waals surface area contributed by atoms with Gasteiger partial charge in [-0.1, -0.05) is 12.1 Å². The molecule has 1 amide bonds. The maximum Gasteiger partial charge on any atom is 0.231 e. The van der Waals surface area contributed by atoms with Gasteiger partial charge >= 0.3 is 0 Å². The number of nitrogens with zero attached hydrogens (tertiary/aromatic N) is 5. The number of carbonyl (C=O) groups is 1. The summed E-state index contributed by atoms with van der Waals surface area (Å²) in [6.07, 6.45) is 1.73. The molecular weight excluding hydrogens is 364 g/mol. The van der Waals surface area contributed by atoms with E-state index in [4.69, 9.17) is 0 Å². The van der Waals surface area contributed by atoms with Gasteiger partial charge in [0.25, 0.3) is 0 Å². The summed E-state index contributed by atoms with van der Waals surface area (Å²) in [4.78, 5) is 21.6. The summed E-state index contributed by atoms with van der Waals surface area (Å²) in [5.41, 5.74) is 6.87. The molecule has 0 unspecified atom stereocenters. The highest BCUT2D eigenvalue weighted by atomic mass is 16.1. The van der Waals surface area contributed by atoms with Crippen LogP contribution < -0.4 is 5.32 Å². The summed E-state index contributed by atoms with van der Waals surface area (Å²) in [6, 6.07) is 10.2. The Morgan fingerprint density at radius 1 is 1.10 bits per heavy atom. The third-order valence-corrected chi connectivity index (χ3v) is 5.25. The monoisotopic (exact) mass is 388 g/mol. The molecule has 0 spiro atoms. The third-order valence-electron chi connectivity index (χ3n) is 5.25. The molecule has 0 aliphatic carbocycles. The van der Waals surface area contributed by atoms with E-state index in [-0.39, 0.29) is 12.3 Å². The van der Waals surface area contributed by atoms with Gasteiger partial charge in [-0.3, -0.25) is 14.0 Å². The topological polar surface area (TPSA) is 77.6 Å². The highest BCUT2D eigenvalue weighted by Crippen LogP contribution is 2.31. The average molecular weight is 388 g/mol. The van der Waals surface area contributed by atoms with E-state index in [1.54, 1.807) is 4.68 Å². The van der Waals surface area contributed by atoms with Crippen LogP contribution in [0.25, 0.3) is 16.7 Å². The van der Waals surface area contributed by atoms with Crippen molar-refractivity contribution >= 4 is 22.8 Å². The number of fused-ring (bicyclic) bond motifs is 1. The average Bonchev–Trinajstić information content (AvgIpc) is 3.11. The predicted molar refractivity (Wildman–Crippen MR) is 113 cm³/mol. The molecule has 148 valence electrons. The van der Waals surface area contributed by atoms with E-state index in [0.717, 1.165) is 39.4 Å². The van der Waals surface area contributed by atoms with Crippen molar-refractivity contribution in [1.29, 1.82) is 0 Å². The lowest BCUT2D eigenvalue weighted by Gasteiger charge is -2.09. The lowest BCUT2D eigenvalue weighted by Crippen LogP contribution is -2.17. The first kappa shape index (κ1) is 18.9. The maximum absolute atomic E-state index is 12.7. The second-order valence-corrected chi connectivity index (χ2v) is 7.43. The van der Waals surface area contributed by atoms with Crippen molar-refractivity contribution in [3.63, 3.8) is 0 Å². The number of aryl methyl sites for hydroxylation is 4. The lowest BCUT2D eigenvalue weighted by molar-refractivity contribution is -0.115. The summed E-state index contributed by atoms with van der Waals surface area (Å²) < 4.78 is 3.84. The fourth-order valence-corrected chi connectivity index (χ4v) is 3.75. The third kappa shape index (κ3) is 3.40. The normalized spacial score (nSPS) is 11.2. The smallest absolute Gasteiger partial charge is 0.231 e. The molecule has 0 atom stereocenters. The Hall–Kier alpha value is -3.48. The van der Waals surface area contributed by atoms with Crippen LogP contribution in [0.5, 0.6) is 0 Å². The summed E-state index contributed by atoms with van der Waals surface area (Å²) in [7, 11) is 1.84. The first-order chi connectivity index (χ1) is 13.8. The Balaban J connectivity index is 1.74. The minimum Gasteiger partial charge on any atom is -0.310 e. The fraction of sp³-hybridized carbons (Fsp3) is 0.273. The molecule has 4 aromatic rings. The molecule has 29 heavy (non-hydrogen) atoms. The molecule has 0 radical (unpaired) electrons. The fourth-order valence-electron chi connectivity index (χ4n) is 3.75. The van der Waals surface area contributed by atoms with Crippen LogP contribution >= 0.6 is 0 Å². The van der Waals surface area contributed by atoms with Crippen molar-refractivity contribution in [3.8, 4) is 5.69 Å².